The lowest BCUT2D eigenvalue weighted by molar-refractivity contribution is -0.787. The van der Waals surface area contributed by atoms with Crippen molar-refractivity contribution in [3.63, 3.8) is 0 Å². The van der Waals surface area contributed by atoms with E-state index in [4.69, 9.17) is 4.74 Å². The lowest BCUT2D eigenvalue weighted by Gasteiger charge is -2.32. The SMILES string of the molecule is C1=C[N+]2(NC3CCCCC(c4cccc(OCc5ccccc5)c4)C3)C=NC=C2C=N1. The largest absolute Gasteiger partial charge is 0.489 e. The molecule has 0 radical (unpaired) electrons. The van der Waals surface area contributed by atoms with E-state index in [0.717, 1.165) is 17.9 Å². The lowest BCUT2D eigenvalue weighted by Crippen LogP contribution is -2.56. The predicted molar refractivity (Wildman–Crippen MR) is 124 cm³/mol. The summed E-state index contributed by atoms with van der Waals surface area (Å²) in [5, 5.41) is 0. The summed E-state index contributed by atoms with van der Waals surface area (Å²) in [6.07, 6.45) is 15.6. The standard InChI is InChI=1S/C26H29N4O/c1-2-7-21(8-3-1)19-31-26-12-6-10-23(16-26)22-9-4-5-11-24(15-22)29-30-14-13-27-17-25(30)18-28-20-30/h1-3,6-8,10,12-14,16-18,20,22,24,29H,4-5,9,11,15,19H2/q+1. The summed E-state index contributed by atoms with van der Waals surface area (Å²) >= 11 is 0. The second-order valence-corrected chi connectivity index (χ2v) is 8.56. The van der Waals surface area contributed by atoms with Crippen LogP contribution in [-0.2, 0) is 6.61 Å². The molecule has 2 aromatic rings. The van der Waals surface area contributed by atoms with Crippen LogP contribution in [0.15, 0.2) is 88.9 Å². The minimum absolute atomic E-state index is 0.408. The molecule has 0 spiro atoms. The molecule has 3 atom stereocenters. The molecule has 3 aliphatic rings. The summed E-state index contributed by atoms with van der Waals surface area (Å²) in [7, 11) is 0. The molecule has 1 aliphatic carbocycles. The molecule has 2 aliphatic heterocycles. The van der Waals surface area contributed by atoms with Gasteiger partial charge in [-0.05, 0) is 48.4 Å². The monoisotopic (exact) mass is 413 g/mol. The minimum atomic E-state index is 0.408. The van der Waals surface area contributed by atoms with E-state index in [0.29, 0.717) is 23.2 Å². The van der Waals surface area contributed by atoms with Gasteiger partial charge in [-0.3, -0.25) is 4.99 Å². The van der Waals surface area contributed by atoms with Gasteiger partial charge in [0.1, 0.15) is 18.6 Å². The van der Waals surface area contributed by atoms with Crippen LogP contribution in [0.25, 0.3) is 0 Å². The fraction of sp³-hybridized carbons (Fsp3) is 0.308. The van der Waals surface area contributed by atoms with Gasteiger partial charge in [-0.2, -0.15) is 0 Å². The lowest BCUT2D eigenvalue weighted by atomic mass is 9.90. The normalized spacial score (nSPS) is 26.9. The van der Waals surface area contributed by atoms with E-state index in [1.165, 1.54) is 36.8 Å². The summed E-state index contributed by atoms with van der Waals surface area (Å²) in [6, 6.07) is 19.4. The number of hydrogen-bond donors (Lipinski definition) is 1. The number of allylic oxidation sites excluding steroid dienone is 1. The summed E-state index contributed by atoms with van der Waals surface area (Å²) in [6.45, 7) is 0.599. The Labute approximate surface area is 184 Å². The van der Waals surface area contributed by atoms with Crippen LogP contribution in [-0.4, -0.2) is 23.2 Å². The first-order chi connectivity index (χ1) is 15.3. The van der Waals surface area contributed by atoms with Crippen molar-refractivity contribution in [3.8, 4) is 5.75 Å². The highest BCUT2D eigenvalue weighted by Gasteiger charge is 2.37. The minimum Gasteiger partial charge on any atom is -0.489 e. The molecule has 5 rings (SSSR count). The van der Waals surface area contributed by atoms with E-state index in [2.05, 4.69) is 70.1 Å². The van der Waals surface area contributed by atoms with Crippen molar-refractivity contribution in [2.45, 2.75) is 50.7 Å². The van der Waals surface area contributed by atoms with Gasteiger partial charge in [-0.1, -0.05) is 55.3 Å². The van der Waals surface area contributed by atoms with Crippen molar-refractivity contribution in [2.24, 2.45) is 9.98 Å². The molecule has 0 saturated heterocycles. The van der Waals surface area contributed by atoms with Gasteiger partial charge >= 0.3 is 0 Å². The first-order valence-corrected chi connectivity index (χ1v) is 11.2. The fourth-order valence-electron chi connectivity index (χ4n) is 4.73. The zero-order valence-electron chi connectivity index (χ0n) is 17.7. The van der Waals surface area contributed by atoms with Crippen molar-refractivity contribution in [1.82, 2.24) is 5.43 Å². The number of aliphatic imine (C=N–C) groups is 2. The number of benzene rings is 2. The Balaban J connectivity index is 1.28. The maximum absolute atomic E-state index is 6.09. The van der Waals surface area contributed by atoms with E-state index in [-0.39, 0.29) is 0 Å². The first kappa shape index (κ1) is 19.9. The van der Waals surface area contributed by atoms with Crippen LogP contribution >= 0.6 is 0 Å². The molecular weight excluding hydrogens is 384 g/mol. The second-order valence-electron chi connectivity index (χ2n) is 8.56. The van der Waals surface area contributed by atoms with Crippen molar-refractivity contribution >= 4 is 12.6 Å². The summed E-state index contributed by atoms with van der Waals surface area (Å²) in [5.41, 5.74) is 7.48. The third-order valence-corrected chi connectivity index (χ3v) is 6.38. The number of quaternary nitrogens is 1. The first-order valence-electron chi connectivity index (χ1n) is 11.2. The molecule has 3 unspecified atom stereocenters. The Bertz CT molecular complexity index is 1030. The zero-order chi connectivity index (χ0) is 20.9. The molecule has 2 heterocycles. The Morgan fingerprint density at radius 3 is 2.84 bits per heavy atom. The zero-order valence-corrected chi connectivity index (χ0v) is 17.7. The molecule has 2 aromatic carbocycles. The van der Waals surface area contributed by atoms with Gasteiger partial charge in [0.15, 0.2) is 5.70 Å². The summed E-state index contributed by atoms with van der Waals surface area (Å²) in [4.78, 5) is 8.65. The van der Waals surface area contributed by atoms with Gasteiger partial charge in [-0.15, -0.1) is 10.0 Å². The van der Waals surface area contributed by atoms with Crippen LogP contribution in [0.1, 0.15) is 49.1 Å². The van der Waals surface area contributed by atoms with Gasteiger partial charge in [-0.25, -0.2) is 4.99 Å². The topological polar surface area (TPSA) is 46.0 Å². The second kappa shape index (κ2) is 9.00. The van der Waals surface area contributed by atoms with Crippen LogP contribution in [0, 0.1) is 0 Å². The predicted octanol–water partition coefficient (Wildman–Crippen LogP) is 5.44. The fourth-order valence-corrected chi connectivity index (χ4v) is 4.73. The van der Waals surface area contributed by atoms with E-state index < -0.39 is 0 Å². The Morgan fingerprint density at radius 1 is 1.00 bits per heavy atom. The van der Waals surface area contributed by atoms with Crippen LogP contribution in [0.4, 0.5) is 0 Å². The molecule has 0 bridgehead atoms. The average molecular weight is 414 g/mol. The maximum atomic E-state index is 6.09. The van der Waals surface area contributed by atoms with Crippen LogP contribution in [0.3, 0.4) is 0 Å². The highest BCUT2D eigenvalue weighted by atomic mass is 16.5. The number of ether oxygens (including phenoxy) is 1. The van der Waals surface area contributed by atoms with Crippen molar-refractivity contribution in [3.05, 3.63) is 90.0 Å². The molecule has 0 aromatic heterocycles. The molecule has 1 N–H and O–H groups in total. The summed E-state index contributed by atoms with van der Waals surface area (Å²) in [5.74, 6) is 1.47. The third kappa shape index (κ3) is 4.53. The van der Waals surface area contributed by atoms with Crippen molar-refractivity contribution < 1.29 is 9.33 Å². The van der Waals surface area contributed by atoms with E-state index in [1.807, 2.05) is 31.0 Å². The molecule has 31 heavy (non-hydrogen) atoms. The van der Waals surface area contributed by atoms with E-state index in [1.54, 1.807) is 0 Å². The van der Waals surface area contributed by atoms with Crippen molar-refractivity contribution in [1.29, 1.82) is 0 Å². The smallest absolute Gasteiger partial charge is 0.219 e. The third-order valence-electron chi connectivity index (χ3n) is 6.38. The Morgan fingerprint density at radius 2 is 1.90 bits per heavy atom. The quantitative estimate of drug-likeness (QED) is 0.506. The molecule has 1 saturated carbocycles. The van der Waals surface area contributed by atoms with Gasteiger partial charge in [0.2, 0.25) is 6.34 Å². The molecular formula is C26H29N4O+. The number of nitrogens with one attached hydrogen (secondary N) is 1. The maximum Gasteiger partial charge on any atom is 0.219 e. The van der Waals surface area contributed by atoms with Gasteiger partial charge < -0.3 is 4.74 Å². The van der Waals surface area contributed by atoms with E-state index in [9.17, 15) is 0 Å². The van der Waals surface area contributed by atoms with E-state index >= 15 is 0 Å². The molecule has 158 valence electrons. The molecule has 5 nitrogen and oxygen atoms in total. The number of hydrogen-bond acceptors (Lipinski definition) is 4. The average Bonchev–Trinajstić information content (AvgIpc) is 3.10. The van der Waals surface area contributed by atoms with Gasteiger partial charge in [0.25, 0.3) is 0 Å². The van der Waals surface area contributed by atoms with Crippen LogP contribution in [0.2, 0.25) is 0 Å². The van der Waals surface area contributed by atoms with Crippen LogP contribution < -0.4 is 10.2 Å². The van der Waals surface area contributed by atoms with Gasteiger partial charge in [0, 0.05) is 0 Å². The number of nitrogens with zero attached hydrogens (tertiary/aromatic N) is 3. The Hall–Kier alpha value is -3.02. The van der Waals surface area contributed by atoms with Gasteiger partial charge in [0.05, 0.1) is 24.7 Å². The molecule has 1 fully saturated rings. The molecule has 5 heteroatoms. The number of fused-ring (bicyclic) bond motifs is 1. The molecule has 0 amide bonds. The highest BCUT2D eigenvalue weighted by Crippen LogP contribution is 2.35. The number of rotatable bonds is 6. The van der Waals surface area contributed by atoms with Crippen LogP contribution in [0.5, 0.6) is 5.75 Å². The van der Waals surface area contributed by atoms with Crippen molar-refractivity contribution in [2.75, 3.05) is 0 Å². The summed E-state index contributed by atoms with van der Waals surface area (Å²) < 4.78 is 6.56. The highest BCUT2D eigenvalue weighted by molar-refractivity contribution is 5.81. The Kier molecular flexibility index (Phi) is 5.78.